The Bertz CT molecular complexity index is 871. The van der Waals surface area contributed by atoms with Crippen LogP contribution in [0.25, 0.3) is 0 Å². The van der Waals surface area contributed by atoms with Gasteiger partial charge in [0.15, 0.2) is 0 Å². The van der Waals surface area contributed by atoms with Gasteiger partial charge in [-0.05, 0) is 61.0 Å². The van der Waals surface area contributed by atoms with Crippen molar-refractivity contribution in [1.82, 2.24) is 4.90 Å². The number of hydrogen-bond acceptors (Lipinski definition) is 3. The topological polar surface area (TPSA) is 32.7 Å². The van der Waals surface area contributed by atoms with Crippen LogP contribution in [-0.2, 0) is 5.60 Å². The highest BCUT2D eigenvalue weighted by molar-refractivity contribution is 5.48. The van der Waals surface area contributed by atoms with Crippen LogP contribution in [0.1, 0.15) is 36.1 Å². The number of benzene rings is 3. The monoisotopic (exact) mass is 407 g/mol. The van der Waals surface area contributed by atoms with E-state index in [1.165, 1.54) is 12.1 Å². The van der Waals surface area contributed by atoms with E-state index in [1.54, 1.807) is 12.1 Å². The van der Waals surface area contributed by atoms with E-state index in [9.17, 15) is 9.50 Å². The van der Waals surface area contributed by atoms with Gasteiger partial charge in [-0.15, -0.1) is 0 Å². The molecule has 3 rings (SSSR count). The van der Waals surface area contributed by atoms with Crippen LogP contribution in [0, 0.1) is 12.7 Å². The van der Waals surface area contributed by atoms with Crippen LogP contribution in [0.2, 0.25) is 0 Å². The van der Waals surface area contributed by atoms with E-state index in [1.807, 2.05) is 55.5 Å². The molecule has 0 radical (unpaired) electrons. The molecule has 3 aromatic rings. The zero-order valence-corrected chi connectivity index (χ0v) is 17.9. The van der Waals surface area contributed by atoms with Crippen molar-refractivity contribution < 1.29 is 14.2 Å². The van der Waals surface area contributed by atoms with Crippen molar-refractivity contribution in [2.24, 2.45) is 0 Å². The second kappa shape index (κ2) is 9.88. The summed E-state index contributed by atoms with van der Waals surface area (Å²) >= 11 is 0. The zero-order valence-electron chi connectivity index (χ0n) is 17.9. The summed E-state index contributed by atoms with van der Waals surface area (Å²) in [6, 6.07) is 21.3. The molecule has 0 saturated heterocycles. The van der Waals surface area contributed by atoms with Crippen molar-refractivity contribution in [1.29, 1.82) is 0 Å². The first kappa shape index (κ1) is 22.0. The summed E-state index contributed by atoms with van der Waals surface area (Å²) in [5, 5.41) is 11.8. The standard InChI is InChI=1S/C26H30FNO2/c1-4-28(5-2)18-19-30-25-16-12-23(13-17-25)26(29,21-8-6-20(3)7-9-21)22-10-14-24(27)15-11-22/h6-17,29H,4-5,18-19H2,1-3H3. The van der Waals surface area contributed by atoms with Crippen LogP contribution in [0.15, 0.2) is 72.8 Å². The highest BCUT2D eigenvalue weighted by Crippen LogP contribution is 2.37. The van der Waals surface area contributed by atoms with Crippen molar-refractivity contribution in [3.8, 4) is 5.75 Å². The fourth-order valence-corrected chi connectivity index (χ4v) is 3.61. The highest BCUT2D eigenvalue weighted by atomic mass is 19.1. The van der Waals surface area contributed by atoms with Crippen LogP contribution in [-0.4, -0.2) is 36.2 Å². The first-order valence-corrected chi connectivity index (χ1v) is 10.5. The third-order valence-corrected chi connectivity index (χ3v) is 5.57. The Labute approximate surface area is 178 Å². The minimum absolute atomic E-state index is 0.332. The minimum Gasteiger partial charge on any atom is -0.492 e. The number of halogens is 1. The zero-order chi connectivity index (χ0) is 21.6. The molecule has 158 valence electrons. The number of likely N-dealkylation sites (N-methyl/N-ethyl adjacent to an activating group) is 1. The molecule has 0 amide bonds. The summed E-state index contributed by atoms with van der Waals surface area (Å²) < 4.78 is 19.4. The smallest absolute Gasteiger partial charge is 0.140 e. The van der Waals surface area contributed by atoms with Crippen molar-refractivity contribution in [2.75, 3.05) is 26.2 Å². The quantitative estimate of drug-likeness (QED) is 0.499. The maximum absolute atomic E-state index is 13.5. The molecular formula is C26H30FNO2. The van der Waals surface area contributed by atoms with Gasteiger partial charge in [0.05, 0.1) is 0 Å². The Morgan fingerprint density at radius 2 is 1.27 bits per heavy atom. The second-order valence-corrected chi connectivity index (χ2v) is 7.48. The van der Waals surface area contributed by atoms with Crippen molar-refractivity contribution in [3.05, 3.63) is 101 Å². The van der Waals surface area contributed by atoms with Gasteiger partial charge in [0.2, 0.25) is 0 Å². The number of hydrogen-bond donors (Lipinski definition) is 1. The van der Waals surface area contributed by atoms with Gasteiger partial charge in [-0.1, -0.05) is 67.9 Å². The van der Waals surface area contributed by atoms with Crippen LogP contribution in [0.5, 0.6) is 5.75 Å². The summed E-state index contributed by atoms with van der Waals surface area (Å²) in [6.45, 7) is 9.77. The SMILES string of the molecule is CCN(CC)CCOc1ccc(C(O)(c2ccc(C)cc2)c2ccc(F)cc2)cc1. The third kappa shape index (κ3) is 4.89. The van der Waals surface area contributed by atoms with Gasteiger partial charge in [0, 0.05) is 6.54 Å². The van der Waals surface area contributed by atoms with E-state index in [0.29, 0.717) is 17.7 Å². The van der Waals surface area contributed by atoms with Crippen LogP contribution >= 0.6 is 0 Å². The molecule has 0 saturated carbocycles. The van der Waals surface area contributed by atoms with Crippen LogP contribution < -0.4 is 4.74 Å². The van der Waals surface area contributed by atoms with E-state index in [2.05, 4.69) is 18.7 Å². The molecule has 3 nitrogen and oxygen atoms in total. The molecule has 1 atom stereocenters. The molecule has 0 heterocycles. The molecule has 1 N–H and O–H groups in total. The molecule has 0 bridgehead atoms. The first-order chi connectivity index (χ1) is 14.5. The normalized spacial score (nSPS) is 13.3. The lowest BCUT2D eigenvalue weighted by Gasteiger charge is -2.30. The second-order valence-electron chi connectivity index (χ2n) is 7.48. The van der Waals surface area contributed by atoms with Gasteiger partial charge in [-0.3, -0.25) is 0 Å². The number of aliphatic hydroxyl groups is 1. The summed E-state index contributed by atoms with van der Waals surface area (Å²) in [7, 11) is 0. The average molecular weight is 408 g/mol. The number of nitrogens with zero attached hydrogens (tertiary/aromatic N) is 1. The summed E-state index contributed by atoms with van der Waals surface area (Å²) in [5.41, 5.74) is 1.77. The molecule has 3 aromatic carbocycles. The molecule has 30 heavy (non-hydrogen) atoms. The predicted octanol–water partition coefficient (Wildman–Crippen LogP) is 5.14. The van der Waals surface area contributed by atoms with Gasteiger partial charge >= 0.3 is 0 Å². The summed E-state index contributed by atoms with van der Waals surface area (Å²) in [4.78, 5) is 2.30. The predicted molar refractivity (Wildman–Crippen MR) is 119 cm³/mol. The molecular weight excluding hydrogens is 377 g/mol. The Balaban J connectivity index is 1.88. The number of rotatable bonds is 9. The molecule has 0 fully saturated rings. The third-order valence-electron chi connectivity index (χ3n) is 5.57. The fourth-order valence-electron chi connectivity index (χ4n) is 3.61. The lowest BCUT2D eigenvalue weighted by Crippen LogP contribution is -2.29. The molecule has 1 unspecified atom stereocenters. The molecule has 0 spiro atoms. The van der Waals surface area contributed by atoms with E-state index in [4.69, 9.17) is 4.74 Å². The van der Waals surface area contributed by atoms with Crippen molar-refractivity contribution >= 4 is 0 Å². The highest BCUT2D eigenvalue weighted by Gasteiger charge is 2.33. The number of aryl methyl sites for hydroxylation is 1. The maximum Gasteiger partial charge on any atom is 0.140 e. The molecule has 0 aliphatic heterocycles. The van der Waals surface area contributed by atoms with Gasteiger partial charge in [-0.2, -0.15) is 0 Å². The lowest BCUT2D eigenvalue weighted by atomic mass is 9.80. The fraction of sp³-hybridized carbons (Fsp3) is 0.308. The van der Waals surface area contributed by atoms with E-state index < -0.39 is 5.60 Å². The van der Waals surface area contributed by atoms with Crippen molar-refractivity contribution in [2.45, 2.75) is 26.4 Å². The maximum atomic E-state index is 13.5. The van der Waals surface area contributed by atoms with Gasteiger partial charge in [0.25, 0.3) is 0 Å². The Morgan fingerprint density at radius 3 is 1.77 bits per heavy atom. The minimum atomic E-state index is -1.39. The van der Waals surface area contributed by atoms with Gasteiger partial charge < -0.3 is 14.7 Å². The van der Waals surface area contributed by atoms with Gasteiger partial charge in [0.1, 0.15) is 23.8 Å². The Kier molecular flexibility index (Phi) is 7.24. The molecule has 0 aliphatic carbocycles. The van der Waals surface area contributed by atoms with Crippen LogP contribution in [0.4, 0.5) is 4.39 Å². The Morgan fingerprint density at radius 1 is 0.800 bits per heavy atom. The molecule has 0 aromatic heterocycles. The molecule has 4 heteroatoms. The van der Waals surface area contributed by atoms with E-state index in [0.717, 1.165) is 36.5 Å². The summed E-state index contributed by atoms with van der Waals surface area (Å²) in [6.07, 6.45) is 0. The molecule has 0 aliphatic rings. The van der Waals surface area contributed by atoms with Gasteiger partial charge in [-0.25, -0.2) is 4.39 Å². The first-order valence-electron chi connectivity index (χ1n) is 10.5. The summed E-state index contributed by atoms with van der Waals surface area (Å²) in [5.74, 6) is 0.429. The van der Waals surface area contributed by atoms with Crippen molar-refractivity contribution in [3.63, 3.8) is 0 Å². The van der Waals surface area contributed by atoms with Crippen LogP contribution in [0.3, 0.4) is 0 Å². The van der Waals surface area contributed by atoms with E-state index in [-0.39, 0.29) is 5.82 Å². The number of ether oxygens (including phenoxy) is 1. The largest absolute Gasteiger partial charge is 0.492 e. The Hall–Kier alpha value is -2.69. The van der Waals surface area contributed by atoms with E-state index >= 15 is 0 Å². The average Bonchev–Trinajstić information content (AvgIpc) is 2.77. The lowest BCUT2D eigenvalue weighted by molar-refractivity contribution is 0.125.